The smallest absolute Gasteiger partial charge is 0.377 e. The van der Waals surface area contributed by atoms with Crippen molar-refractivity contribution in [2.75, 3.05) is 5.32 Å². The van der Waals surface area contributed by atoms with Gasteiger partial charge in [-0.1, -0.05) is 35.5 Å². The van der Waals surface area contributed by atoms with Crippen molar-refractivity contribution in [3.05, 3.63) is 77.7 Å². The highest BCUT2D eigenvalue weighted by atomic mass is 16.6. The molecule has 1 heterocycles. The number of aryl methyl sites for hydroxylation is 1. The molecular weight excluding hydrogens is 360 g/mol. The van der Waals surface area contributed by atoms with Crippen molar-refractivity contribution in [3.8, 4) is 5.75 Å². The molecule has 0 aliphatic heterocycles. The van der Waals surface area contributed by atoms with E-state index in [4.69, 9.17) is 14.0 Å². The lowest BCUT2D eigenvalue weighted by Gasteiger charge is -2.13. The molecular formula is C21H20N2O5. The first-order valence-electron chi connectivity index (χ1n) is 8.73. The van der Waals surface area contributed by atoms with Gasteiger partial charge >= 0.3 is 5.97 Å². The summed E-state index contributed by atoms with van der Waals surface area (Å²) in [6.07, 6.45) is -0.994. The number of hydrogen-bond donors (Lipinski definition) is 1. The average Bonchev–Trinajstić information content (AvgIpc) is 3.14. The fourth-order valence-electron chi connectivity index (χ4n) is 2.35. The lowest BCUT2D eigenvalue weighted by molar-refractivity contribution is -0.123. The number of ether oxygens (including phenoxy) is 2. The van der Waals surface area contributed by atoms with Crippen molar-refractivity contribution in [3.63, 3.8) is 0 Å². The second-order valence-electron chi connectivity index (χ2n) is 6.17. The van der Waals surface area contributed by atoms with Crippen LogP contribution in [0.1, 0.15) is 28.7 Å². The molecule has 0 fully saturated rings. The first-order valence-corrected chi connectivity index (χ1v) is 8.73. The topological polar surface area (TPSA) is 90.7 Å². The van der Waals surface area contributed by atoms with Gasteiger partial charge in [-0.3, -0.25) is 4.79 Å². The van der Waals surface area contributed by atoms with Gasteiger partial charge in [-0.15, -0.1) is 0 Å². The van der Waals surface area contributed by atoms with Crippen LogP contribution in [0.4, 0.5) is 5.69 Å². The lowest BCUT2D eigenvalue weighted by atomic mass is 10.2. The predicted octanol–water partition coefficient (Wildman–Crippen LogP) is 3.75. The normalized spacial score (nSPS) is 11.5. The quantitative estimate of drug-likeness (QED) is 0.628. The minimum absolute atomic E-state index is 0.0444. The van der Waals surface area contributed by atoms with Crippen molar-refractivity contribution in [1.29, 1.82) is 0 Å². The summed E-state index contributed by atoms with van der Waals surface area (Å²) in [5, 5.41) is 6.30. The summed E-state index contributed by atoms with van der Waals surface area (Å²) >= 11 is 0. The van der Waals surface area contributed by atoms with Crippen molar-refractivity contribution in [1.82, 2.24) is 5.16 Å². The van der Waals surface area contributed by atoms with Crippen LogP contribution >= 0.6 is 0 Å². The van der Waals surface area contributed by atoms with Crippen LogP contribution in [0.15, 0.2) is 65.2 Å². The highest BCUT2D eigenvalue weighted by Gasteiger charge is 2.21. The first kappa shape index (κ1) is 19.2. The van der Waals surface area contributed by atoms with Gasteiger partial charge in [-0.25, -0.2) is 4.79 Å². The molecule has 1 amide bonds. The molecule has 0 saturated heterocycles. The zero-order chi connectivity index (χ0) is 19.9. The van der Waals surface area contributed by atoms with Crippen LogP contribution in [0.3, 0.4) is 0 Å². The van der Waals surface area contributed by atoms with Gasteiger partial charge in [0.1, 0.15) is 12.4 Å². The van der Waals surface area contributed by atoms with Crippen molar-refractivity contribution >= 4 is 17.6 Å². The van der Waals surface area contributed by atoms with E-state index in [1.54, 1.807) is 31.2 Å². The maximum atomic E-state index is 12.2. The molecule has 0 radical (unpaired) electrons. The van der Waals surface area contributed by atoms with Crippen LogP contribution in [0.25, 0.3) is 0 Å². The number of carbonyl (C=O) groups excluding carboxylic acids is 2. The predicted molar refractivity (Wildman–Crippen MR) is 102 cm³/mol. The number of amides is 1. The third kappa shape index (κ3) is 5.20. The first-order chi connectivity index (χ1) is 13.5. The summed E-state index contributed by atoms with van der Waals surface area (Å²) in [6.45, 7) is 3.62. The Morgan fingerprint density at radius 1 is 1.11 bits per heavy atom. The number of anilines is 1. The molecule has 7 heteroatoms. The molecule has 1 atom stereocenters. The third-order valence-electron chi connectivity index (χ3n) is 3.85. The number of benzene rings is 2. The Kier molecular flexibility index (Phi) is 6.06. The van der Waals surface area contributed by atoms with Crippen LogP contribution < -0.4 is 10.1 Å². The van der Waals surface area contributed by atoms with E-state index in [2.05, 4.69) is 10.5 Å². The van der Waals surface area contributed by atoms with E-state index in [-0.39, 0.29) is 5.76 Å². The maximum absolute atomic E-state index is 12.2. The second kappa shape index (κ2) is 8.85. The van der Waals surface area contributed by atoms with Gasteiger partial charge in [0.2, 0.25) is 5.76 Å². The van der Waals surface area contributed by atoms with E-state index in [9.17, 15) is 9.59 Å². The lowest BCUT2D eigenvalue weighted by Crippen LogP contribution is -2.29. The van der Waals surface area contributed by atoms with E-state index >= 15 is 0 Å². The molecule has 144 valence electrons. The van der Waals surface area contributed by atoms with Gasteiger partial charge in [0, 0.05) is 11.8 Å². The van der Waals surface area contributed by atoms with Crippen LogP contribution in [0, 0.1) is 6.92 Å². The molecule has 1 N–H and O–H groups in total. The SMILES string of the molecule is Cc1cc(C(=O)O[C@H](C)C(=O)Nc2ccc(OCc3ccccc3)cc2)on1. The highest BCUT2D eigenvalue weighted by Crippen LogP contribution is 2.17. The largest absolute Gasteiger partial charge is 0.489 e. The van der Waals surface area contributed by atoms with Crippen molar-refractivity contribution < 1.29 is 23.6 Å². The molecule has 0 aliphatic rings. The molecule has 1 aromatic heterocycles. The molecule has 2 aromatic carbocycles. The van der Waals surface area contributed by atoms with Gasteiger partial charge in [0.15, 0.2) is 6.10 Å². The highest BCUT2D eigenvalue weighted by molar-refractivity contribution is 5.96. The number of nitrogens with one attached hydrogen (secondary N) is 1. The number of aromatic nitrogens is 1. The van der Waals surface area contributed by atoms with Crippen molar-refractivity contribution in [2.24, 2.45) is 0 Å². The molecule has 0 aliphatic carbocycles. The monoisotopic (exact) mass is 380 g/mol. The molecule has 7 nitrogen and oxygen atoms in total. The summed E-state index contributed by atoms with van der Waals surface area (Å²) in [5.74, 6) is -0.561. The summed E-state index contributed by atoms with van der Waals surface area (Å²) in [5.41, 5.74) is 2.19. The van der Waals surface area contributed by atoms with E-state index in [1.807, 2.05) is 30.3 Å². The van der Waals surface area contributed by atoms with E-state index < -0.39 is 18.0 Å². The van der Waals surface area contributed by atoms with Gasteiger partial charge in [-0.2, -0.15) is 0 Å². The van der Waals surface area contributed by atoms with Crippen LogP contribution in [-0.4, -0.2) is 23.1 Å². The van der Waals surface area contributed by atoms with E-state index in [1.165, 1.54) is 13.0 Å². The standard InChI is InChI=1S/C21H20N2O5/c1-14-12-19(28-23-14)21(25)27-15(2)20(24)22-17-8-10-18(11-9-17)26-13-16-6-4-3-5-7-16/h3-12,15H,13H2,1-2H3,(H,22,24)/t15-/m1/s1. The molecule has 0 unspecified atom stereocenters. The Morgan fingerprint density at radius 3 is 2.46 bits per heavy atom. The van der Waals surface area contributed by atoms with E-state index in [0.717, 1.165) is 5.56 Å². The fraction of sp³-hybridized carbons (Fsp3) is 0.190. The molecule has 0 bridgehead atoms. The molecule has 0 saturated carbocycles. The van der Waals surface area contributed by atoms with Crippen LogP contribution in [0.2, 0.25) is 0 Å². The zero-order valence-electron chi connectivity index (χ0n) is 15.5. The summed E-state index contributed by atoms with van der Waals surface area (Å²) in [4.78, 5) is 24.1. The second-order valence-corrected chi connectivity index (χ2v) is 6.17. The molecule has 3 rings (SSSR count). The summed E-state index contributed by atoms with van der Waals surface area (Å²) in [6, 6.07) is 18.2. The van der Waals surface area contributed by atoms with Gasteiger partial charge in [0.25, 0.3) is 5.91 Å². The minimum atomic E-state index is -0.994. The number of nitrogens with zero attached hydrogens (tertiary/aromatic N) is 1. The Morgan fingerprint density at radius 2 is 1.82 bits per heavy atom. The number of esters is 1. The zero-order valence-corrected chi connectivity index (χ0v) is 15.5. The number of hydrogen-bond acceptors (Lipinski definition) is 6. The summed E-state index contributed by atoms with van der Waals surface area (Å²) in [7, 11) is 0. The maximum Gasteiger partial charge on any atom is 0.377 e. The number of rotatable bonds is 7. The molecule has 0 spiro atoms. The van der Waals surface area contributed by atoms with Crippen LogP contribution in [-0.2, 0) is 16.1 Å². The van der Waals surface area contributed by atoms with Gasteiger partial charge in [0.05, 0.1) is 5.69 Å². The van der Waals surface area contributed by atoms with Gasteiger partial charge < -0.3 is 19.3 Å². The van der Waals surface area contributed by atoms with Crippen LogP contribution in [0.5, 0.6) is 5.75 Å². The number of carbonyl (C=O) groups is 2. The van der Waals surface area contributed by atoms with Crippen molar-refractivity contribution in [2.45, 2.75) is 26.6 Å². The van der Waals surface area contributed by atoms with E-state index in [0.29, 0.717) is 23.7 Å². The van der Waals surface area contributed by atoms with Gasteiger partial charge in [-0.05, 0) is 43.7 Å². The Bertz CT molecular complexity index is 935. The fourth-order valence-corrected chi connectivity index (χ4v) is 2.35. The Hall–Kier alpha value is -3.61. The third-order valence-corrected chi connectivity index (χ3v) is 3.85. The molecule has 28 heavy (non-hydrogen) atoms. The Labute approximate surface area is 162 Å². The minimum Gasteiger partial charge on any atom is -0.489 e. The Balaban J connectivity index is 1.50. The molecule has 3 aromatic rings. The summed E-state index contributed by atoms with van der Waals surface area (Å²) < 4.78 is 15.6. The average molecular weight is 380 g/mol.